The summed E-state index contributed by atoms with van der Waals surface area (Å²) >= 11 is 1.64. The maximum absolute atomic E-state index is 13.0. The Labute approximate surface area is 233 Å². The minimum absolute atomic E-state index is 0.0657. The Morgan fingerprint density at radius 3 is 2.15 bits per heavy atom. The minimum Gasteiger partial charge on any atom is -0.497 e. The van der Waals surface area contributed by atoms with Gasteiger partial charge >= 0.3 is 0 Å². The molecule has 4 aromatic carbocycles. The first-order chi connectivity index (χ1) is 19.1. The maximum atomic E-state index is 13.0. The second-order valence-electron chi connectivity index (χ2n) is 8.92. The summed E-state index contributed by atoms with van der Waals surface area (Å²) in [5.41, 5.74) is 4.73. The number of methoxy groups -OCH3 is 2. The first-order valence-electron chi connectivity index (χ1n) is 12.9. The predicted octanol–water partition coefficient (Wildman–Crippen LogP) is 6.93. The van der Waals surface area contributed by atoms with Crippen LogP contribution in [0.1, 0.15) is 17.3 Å². The summed E-state index contributed by atoms with van der Waals surface area (Å²) in [4.78, 5) is 18.0. The van der Waals surface area contributed by atoms with E-state index in [0.717, 1.165) is 56.5 Å². The number of ether oxygens (including phenoxy) is 2. The van der Waals surface area contributed by atoms with Crippen molar-refractivity contribution in [3.05, 3.63) is 96.6 Å². The molecule has 0 saturated carbocycles. The maximum Gasteiger partial charge on any atom is 0.251 e. The molecule has 0 bridgehead atoms. The summed E-state index contributed by atoms with van der Waals surface area (Å²) in [6.07, 6.45) is 0. The highest BCUT2D eigenvalue weighted by Crippen LogP contribution is 2.37. The number of hydrogen-bond acceptors (Lipinski definition) is 5. The highest BCUT2D eigenvalue weighted by atomic mass is 32.2. The molecule has 198 valence electrons. The number of nitrogens with zero attached hydrogens (tertiary/aromatic N) is 2. The zero-order valence-corrected chi connectivity index (χ0v) is 23.1. The largest absolute Gasteiger partial charge is 0.497 e. The van der Waals surface area contributed by atoms with E-state index in [4.69, 9.17) is 14.5 Å². The molecule has 7 heteroatoms. The van der Waals surface area contributed by atoms with Gasteiger partial charge in [0.05, 0.1) is 25.6 Å². The monoisotopic (exact) mass is 537 g/mol. The summed E-state index contributed by atoms with van der Waals surface area (Å²) in [7, 11) is 3.33. The molecular weight excluding hydrogens is 506 g/mol. The van der Waals surface area contributed by atoms with Crippen LogP contribution in [0.3, 0.4) is 0 Å². The van der Waals surface area contributed by atoms with Gasteiger partial charge in [0.2, 0.25) is 0 Å². The molecule has 6 nitrogen and oxygen atoms in total. The molecule has 0 atom stereocenters. The fourth-order valence-electron chi connectivity index (χ4n) is 4.65. The lowest BCUT2D eigenvalue weighted by Gasteiger charge is -2.12. The van der Waals surface area contributed by atoms with Crippen LogP contribution in [0.5, 0.6) is 11.5 Å². The fraction of sp³-hybridized carbons (Fsp3) is 0.188. The number of amides is 1. The van der Waals surface area contributed by atoms with Gasteiger partial charge in [-0.1, -0.05) is 48.2 Å². The van der Waals surface area contributed by atoms with Gasteiger partial charge in [-0.25, -0.2) is 4.98 Å². The molecular formula is C32H31N3O3S. The Morgan fingerprint density at radius 2 is 1.49 bits per heavy atom. The van der Waals surface area contributed by atoms with Crippen molar-refractivity contribution in [2.75, 3.05) is 26.5 Å². The van der Waals surface area contributed by atoms with Crippen molar-refractivity contribution in [3.63, 3.8) is 0 Å². The van der Waals surface area contributed by atoms with Crippen LogP contribution in [0.25, 0.3) is 33.3 Å². The van der Waals surface area contributed by atoms with Gasteiger partial charge in [0, 0.05) is 35.5 Å². The molecule has 5 rings (SSSR count). The molecule has 0 fully saturated rings. The quantitative estimate of drug-likeness (QED) is 0.155. The first-order valence-corrected chi connectivity index (χ1v) is 13.9. The number of carbonyl (C=O) groups excluding carboxylic acids is 1. The molecule has 5 aromatic rings. The van der Waals surface area contributed by atoms with E-state index < -0.39 is 0 Å². The molecule has 0 aliphatic heterocycles. The number of aromatic nitrogens is 2. The van der Waals surface area contributed by atoms with Crippen LogP contribution in [-0.4, -0.2) is 42.0 Å². The van der Waals surface area contributed by atoms with Gasteiger partial charge in [-0.2, -0.15) is 0 Å². The van der Waals surface area contributed by atoms with E-state index in [1.165, 1.54) is 0 Å². The topological polar surface area (TPSA) is 65.4 Å². The van der Waals surface area contributed by atoms with Crippen LogP contribution in [0.2, 0.25) is 0 Å². The van der Waals surface area contributed by atoms with Crippen LogP contribution < -0.4 is 14.8 Å². The van der Waals surface area contributed by atoms with E-state index in [0.29, 0.717) is 17.9 Å². The van der Waals surface area contributed by atoms with Crippen LogP contribution in [0, 0.1) is 0 Å². The number of carbonyl (C=O) groups is 1. The Balaban J connectivity index is 1.38. The minimum atomic E-state index is -0.0657. The van der Waals surface area contributed by atoms with Crippen molar-refractivity contribution in [2.45, 2.75) is 18.6 Å². The van der Waals surface area contributed by atoms with Gasteiger partial charge in [0.15, 0.2) is 5.16 Å². The molecule has 0 aliphatic carbocycles. The van der Waals surface area contributed by atoms with Gasteiger partial charge in [-0.3, -0.25) is 4.79 Å². The molecule has 1 heterocycles. The van der Waals surface area contributed by atoms with Gasteiger partial charge < -0.3 is 19.4 Å². The molecule has 0 spiro atoms. The van der Waals surface area contributed by atoms with E-state index in [-0.39, 0.29) is 5.91 Å². The van der Waals surface area contributed by atoms with Crippen molar-refractivity contribution < 1.29 is 14.3 Å². The molecule has 0 aliphatic rings. The van der Waals surface area contributed by atoms with Gasteiger partial charge in [0.25, 0.3) is 5.91 Å². The van der Waals surface area contributed by atoms with Gasteiger partial charge in [-0.05, 0) is 72.3 Å². The summed E-state index contributed by atoms with van der Waals surface area (Å²) in [5, 5.41) is 6.01. The van der Waals surface area contributed by atoms with E-state index in [1.807, 2.05) is 78.9 Å². The summed E-state index contributed by atoms with van der Waals surface area (Å²) in [5.74, 6) is 2.24. The first kappa shape index (κ1) is 26.4. The number of thioether (sulfide) groups is 1. The normalized spacial score (nSPS) is 10.9. The van der Waals surface area contributed by atoms with Gasteiger partial charge in [-0.15, -0.1) is 0 Å². The van der Waals surface area contributed by atoms with Crippen molar-refractivity contribution in [1.82, 2.24) is 14.9 Å². The fourth-order valence-corrected chi connectivity index (χ4v) is 5.57. The van der Waals surface area contributed by atoms with Crippen molar-refractivity contribution in [1.29, 1.82) is 0 Å². The highest BCUT2D eigenvalue weighted by Gasteiger charge is 2.20. The number of hydrogen-bond donors (Lipinski definition) is 1. The summed E-state index contributed by atoms with van der Waals surface area (Å²) < 4.78 is 13.0. The lowest BCUT2D eigenvalue weighted by Crippen LogP contribution is -2.26. The van der Waals surface area contributed by atoms with E-state index in [1.54, 1.807) is 26.0 Å². The van der Waals surface area contributed by atoms with Crippen LogP contribution in [0.15, 0.2) is 96.2 Å². The molecule has 39 heavy (non-hydrogen) atoms. The third kappa shape index (κ3) is 5.64. The molecule has 0 radical (unpaired) electrons. The Bertz CT molecular complexity index is 1570. The number of nitrogens with one attached hydrogen (secondary N) is 1. The lowest BCUT2D eigenvalue weighted by molar-refractivity contribution is 0.0958. The molecule has 1 aromatic heterocycles. The van der Waals surface area contributed by atoms with Crippen molar-refractivity contribution >= 4 is 28.4 Å². The van der Waals surface area contributed by atoms with Crippen molar-refractivity contribution in [3.8, 4) is 34.0 Å². The molecule has 0 saturated heterocycles. The van der Waals surface area contributed by atoms with Crippen molar-refractivity contribution in [2.24, 2.45) is 0 Å². The van der Waals surface area contributed by atoms with E-state index in [9.17, 15) is 4.79 Å². The smallest absolute Gasteiger partial charge is 0.251 e. The number of rotatable bonds is 10. The van der Waals surface area contributed by atoms with Crippen LogP contribution >= 0.6 is 11.8 Å². The number of imidazole rings is 1. The highest BCUT2D eigenvalue weighted by molar-refractivity contribution is 7.99. The Morgan fingerprint density at radius 1 is 0.846 bits per heavy atom. The van der Waals surface area contributed by atoms with Crippen LogP contribution in [-0.2, 0) is 6.54 Å². The third-order valence-electron chi connectivity index (χ3n) is 6.63. The number of benzene rings is 4. The average molecular weight is 538 g/mol. The SMILES string of the molecule is CCn1c(SCCNC(=O)c2cccc3ccccc23)nc(-c2ccc(OC)cc2)c1-c1ccc(OC)cc1. The van der Waals surface area contributed by atoms with E-state index >= 15 is 0 Å². The zero-order chi connectivity index (χ0) is 27.2. The van der Waals surface area contributed by atoms with Crippen LogP contribution in [0.4, 0.5) is 0 Å². The van der Waals surface area contributed by atoms with Gasteiger partial charge in [0.1, 0.15) is 11.5 Å². The van der Waals surface area contributed by atoms with E-state index in [2.05, 4.69) is 28.9 Å². The zero-order valence-electron chi connectivity index (χ0n) is 22.3. The molecule has 0 unspecified atom stereocenters. The summed E-state index contributed by atoms with van der Waals surface area (Å²) in [6, 6.07) is 29.8. The second kappa shape index (κ2) is 12.1. The predicted molar refractivity (Wildman–Crippen MR) is 159 cm³/mol. The lowest BCUT2D eigenvalue weighted by atomic mass is 10.0. The molecule has 1 N–H and O–H groups in total. The molecule has 1 amide bonds. The average Bonchev–Trinajstić information content (AvgIpc) is 3.37. The second-order valence-corrected chi connectivity index (χ2v) is 9.99. The standard InChI is InChI=1S/C32H31N3O3S/c1-4-35-30(24-14-18-26(38-3)19-15-24)29(23-12-16-25(37-2)17-13-23)34-32(35)39-21-20-33-31(36)28-11-7-9-22-8-5-6-10-27(22)28/h5-19H,4,20-21H2,1-3H3,(H,33,36). The Kier molecular flexibility index (Phi) is 8.18. The Hall–Kier alpha value is -4.23. The number of fused-ring (bicyclic) bond motifs is 1. The third-order valence-corrected chi connectivity index (χ3v) is 7.61. The summed E-state index contributed by atoms with van der Waals surface area (Å²) in [6.45, 7) is 3.41.